The highest BCUT2D eigenvalue weighted by Gasteiger charge is 2.51. The van der Waals surface area contributed by atoms with Crippen LogP contribution in [0.4, 0.5) is 4.39 Å². The molecule has 1 aromatic heterocycles. The second-order valence-electron chi connectivity index (χ2n) is 5.54. The number of carbonyl (C=O) groups excluding carboxylic acids is 1. The second-order valence-corrected chi connectivity index (χ2v) is 6.65. The highest BCUT2D eigenvalue weighted by Crippen LogP contribution is 2.35. The van der Waals surface area contributed by atoms with Gasteiger partial charge in [-0.1, -0.05) is 5.21 Å². The first kappa shape index (κ1) is 15.2. The number of aliphatic hydroxyl groups excluding tert-OH is 1. The number of nitrogens with zero attached hydrogens (tertiary/aromatic N) is 4. The van der Waals surface area contributed by atoms with Crippen LogP contribution < -0.4 is 5.32 Å². The van der Waals surface area contributed by atoms with Crippen molar-refractivity contribution in [3.05, 3.63) is 21.9 Å². The summed E-state index contributed by atoms with van der Waals surface area (Å²) in [6.07, 6.45) is 0.246. The lowest BCUT2D eigenvalue weighted by molar-refractivity contribution is -0.119. The van der Waals surface area contributed by atoms with Gasteiger partial charge in [0.2, 0.25) is 5.83 Å². The van der Waals surface area contributed by atoms with Crippen LogP contribution in [0.5, 0.6) is 0 Å². The summed E-state index contributed by atoms with van der Waals surface area (Å²) >= 11 is 2.04. The van der Waals surface area contributed by atoms with Crippen LogP contribution in [0.15, 0.2) is 18.2 Å². The van der Waals surface area contributed by atoms with Crippen molar-refractivity contribution in [2.24, 2.45) is 0 Å². The minimum Gasteiger partial charge on any atom is -0.390 e. The maximum Gasteiger partial charge on any atom is 0.283 e. The molecule has 2 fully saturated rings. The Labute approximate surface area is 143 Å². The highest BCUT2D eigenvalue weighted by molar-refractivity contribution is 14.1. The SMILES string of the molecule is O=C1NC2OC2N(C2CC(O)C(Cn3cc(I)nn3)O2)C=C1F. The van der Waals surface area contributed by atoms with Crippen molar-refractivity contribution in [3.8, 4) is 0 Å². The number of aliphatic hydroxyl groups is 1. The molecule has 5 unspecified atom stereocenters. The molecule has 11 heteroatoms. The van der Waals surface area contributed by atoms with E-state index in [1.807, 2.05) is 22.6 Å². The molecule has 0 aromatic carbocycles. The summed E-state index contributed by atoms with van der Waals surface area (Å²) in [5.41, 5.74) is 0. The number of fused-ring (bicyclic) bond motifs is 1. The maximum absolute atomic E-state index is 13.7. The van der Waals surface area contributed by atoms with E-state index in [1.165, 1.54) is 4.90 Å². The molecule has 0 saturated carbocycles. The highest BCUT2D eigenvalue weighted by atomic mass is 127. The molecule has 1 aromatic rings. The van der Waals surface area contributed by atoms with Gasteiger partial charge in [0.25, 0.3) is 5.91 Å². The molecular formula is C12H13FIN5O4. The molecule has 9 nitrogen and oxygen atoms in total. The van der Waals surface area contributed by atoms with Crippen LogP contribution in [0.3, 0.4) is 0 Å². The van der Waals surface area contributed by atoms with Gasteiger partial charge in [-0.2, -0.15) is 4.39 Å². The van der Waals surface area contributed by atoms with Crippen molar-refractivity contribution in [3.63, 3.8) is 0 Å². The molecule has 0 aliphatic carbocycles. The van der Waals surface area contributed by atoms with Gasteiger partial charge in [0.05, 0.1) is 18.8 Å². The number of nitrogens with one attached hydrogen (secondary N) is 1. The third-order valence-corrected chi connectivity index (χ3v) is 4.42. The largest absolute Gasteiger partial charge is 0.390 e. The van der Waals surface area contributed by atoms with Gasteiger partial charge in [0.1, 0.15) is 16.0 Å². The molecule has 23 heavy (non-hydrogen) atoms. The fourth-order valence-corrected chi connectivity index (χ4v) is 3.17. The predicted octanol–water partition coefficient (Wildman–Crippen LogP) is -0.716. The van der Waals surface area contributed by atoms with Gasteiger partial charge in [0.15, 0.2) is 12.5 Å². The van der Waals surface area contributed by atoms with Crippen LogP contribution in [0, 0.1) is 3.70 Å². The zero-order valence-electron chi connectivity index (χ0n) is 11.7. The summed E-state index contributed by atoms with van der Waals surface area (Å²) in [6.45, 7) is 0.333. The number of epoxide rings is 1. The zero-order chi connectivity index (χ0) is 16.1. The van der Waals surface area contributed by atoms with Crippen LogP contribution in [0.25, 0.3) is 0 Å². The van der Waals surface area contributed by atoms with Crippen molar-refractivity contribution in [2.45, 2.75) is 43.9 Å². The zero-order valence-corrected chi connectivity index (χ0v) is 13.8. The van der Waals surface area contributed by atoms with Crippen LogP contribution in [-0.2, 0) is 20.8 Å². The van der Waals surface area contributed by atoms with E-state index in [0.717, 1.165) is 9.90 Å². The molecule has 124 valence electrons. The Morgan fingerprint density at radius 2 is 2.35 bits per heavy atom. The number of halogens is 2. The van der Waals surface area contributed by atoms with Crippen LogP contribution in [0.1, 0.15) is 6.42 Å². The molecule has 2 N–H and O–H groups in total. The standard InChI is InChI=1S/C12H13FIN5O4/c13-5-2-19(12-11(23-12)15-10(5)21)9-1-6(20)7(22-9)3-18-4-8(14)16-17-18/h2,4,6-7,9,11-12,20H,1,3H2,(H,15,21). The van der Waals surface area contributed by atoms with E-state index < -0.39 is 42.6 Å². The van der Waals surface area contributed by atoms with Crippen molar-refractivity contribution in [1.29, 1.82) is 0 Å². The van der Waals surface area contributed by atoms with Gasteiger partial charge in [-0.15, -0.1) is 5.10 Å². The van der Waals surface area contributed by atoms with E-state index in [9.17, 15) is 14.3 Å². The van der Waals surface area contributed by atoms with Gasteiger partial charge in [0, 0.05) is 12.6 Å². The Balaban J connectivity index is 1.47. The fraction of sp³-hybridized carbons (Fsp3) is 0.583. The lowest BCUT2D eigenvalue weighted by atomic mass is 10.2. The van der Waals surface area contributed by atoms with E-state index in [2.05, 4.69) is 15.6 Å². The number of aromatic nitrogens is 3. The summed E-state index contributed by atoms with van der Waals surface area (Å²) in [6, 6.07) is 0. The number of hydrogen-bond donors (Lipinski definition) is 2. The van der Waals surface area contributed by atoms with Crippen molar-refractivity contribution >= 4 is 28.5 Å². The molecule has 2 saturated heterocycles. The number of rotatable bonds is 3. The van der Waals surface area contributed by atoms with Crippen LogP contribution in [0.2, 0.25) is 0 Å². The molecule has 0 radical (unpaired) electrons. The van der Waals surface area contributed by atoms with Crippen molar-refractivity contribution in [2.75, 3.05) is 0 Å². The number of carbonyl (C=O) groups is 1. The average Bonchev–Trinajstić information content (AvgIpc) is 3.01. The Hall–Kier alpha value is -1.31. The minimum absolute atomic E-state index is 0.279. The van der Waals surface area contributed by atoms with Gasteiger partial charge < -0.3 is 24.8 Å². The number of amides is 1. The quantitative estimate of drug-likeness (QED) is 0.476. The normalized spacial score (nSPS) is 36.3. The van der Waals surface area contributed by atoms with Gasteiger partial charge >= 0.3 is 0 Å². The molecule has 3 aliphatic heterocycles. The van der Waals surface area contributed by atoms with Crippen molar-refractivity contribution in [1.82, 2.24) is 25.2 Å². The van der Waals surface area contributed by atoms with E-state index in [4.69, 9.17) is 9.47 Å². The third kappa shape index (κ3) is 2.93. The van der Waals surface area contributed by atoms with Crippen LogP contribution in [-0.4, -0.2) is 61.8 Å². The van der Waals surface area contributed by atoms with Gasteiger partial charge in [-0.3, -0.25) is 4.79 Å². The van der Waals surface area contributed by atoms with Crippen LogP contribution >= 0.6 is 22.6 Å². The summed E-state index contributed by atoms with van der Waals surface area (Å²) in [5, 5.41) is 20.4. The summed E-state index contributed by atoms with van der Waals surface area (Å²) in [4.78, 5) is 12.9. The number of hydrogen-bond acceptors (Lipinski definition) is 7. The van der Waals surface area contributed by atoms with E-state index >= 15 is 0 Å². The molecule has 4 rings (SSSR count). The molecular weight excluding hydrogens is 424 g/mol. The summed E-state index contributed by atoms with van der Waals surface area (Å²) in [7, 11) is 0. The topological polar surface area (TPSA) is 105 Å². The predicted molar refractivity (Wildman–Crippen MR) is 79.9 cm³/mol. The molecule has 1 amide bonds. The first-order valence-electron chi connectivity index (χ1n) is 7.01. The third-order valence-electron chi connectivity index (χ3n) is 3.93. The Morgan fingerprint density at radius 3 is 3.09 bits per heavy atom. The average molecular weight is 437 g/mol. The summed E-state index contributed by atoms with van der Waals surface area (Å²) in [5.74, 6) is -1.72. The van der Waals surface area contributed by atoms with Gasteiger partial charge in [-0.25, -0.2) is 4.68 Å². The van der Waals surface area contributed by atoms with Gasteiger partial charge in [-0.05, 0) is 22.6 Å². The molecule has 3 aliphatic rings. The molecule has 0 bridgehead atoms. The maximum atomic E-state index is 13.7. The smallest absolute Gasteiger partial charge is 0.283 e. The lowest BCUT2D eigenvalue weighted by Gasteiger charge is -2.24. The number of ether oxygens (including phenoxy) is 2. The second kappa shape index (κ2) is 5.65. The lowest BCUT2D eigenvalue weighted by Crippen LogP contribution is -2.35. The fourth-order valence-electron chi connectivity index (χ4n) is 2.76. The first-order valence-corrected chi connectivity index (χ1v) is 8.09. The Kier molecular flexibility index (Phi) is 3.74. The minimum atomic E-state index is -0.909. The van der Waals surface area contributed by atoms with E-state index in [-0.39, 0.29) is 6.42 Å². The Bertz CT molecular complexity index is 670. The monoisotopic (exact) mass is 437 g/mol. The molecule has 4 heterocycles. The first-order chi connectivity index (χ1) is 11.0. The Morgan fingerprint density at radius 1 is 1.52 bits per heavy atom. The molecule has 5 atom stereocenters. The van der Waals surface area contributed by atoms with Crippen molar-refractivity contribution < 1.29 is 23.8 Å². The summed E-state index contributed by atoms with van der Waals surface area (Å²) < 4.78 is 27.1. The van der Waals surface area contributed by atoms with E-state index in [0.29, 0.717) is 6.54 Å². The van der Waals surface area contributed by atoms with E-state index in [1.54, 1.807) is 10.9 Å². The molecule has 0 spiro atoms.